The summed E-state index contributed by atoms with van der Waals surface area (Å²) in [5.41, 5.74) is -1.26. The second kappa shape index (κ2) is 5.45. The van der Waals surface area contributed by atoms with E-state index in [4.69, 9.17) is 5.11 Å². The summed E-state index contributed by atoms with van der Waals surface area (Å²) in [4.78, 5) is 22.9. The standard InChI is InChI=1S/C9H16N2O5S2/c1-11(18(2,15)16)5-7(12)10-9(8(13)14)3-4-17-6-9/h3-6H2,1-2H3,(H,10,12)(H,13,14). The molecule has 2 N–H and O–H groups in total. The molecule has 9 heteroatoms. The monoisotopic (exact) mass is 296 g/mol. The van der Waals surface area contributed by atoms with Crippen molar-refractivity contribution in [3.63, 3.8) is 0 Å². The number of hydrogen-bond donors (Lipinski definition) is 2. The highest BCUT2D eigenvalue weighted by molar-refractivity contribution is 7.99. The van der Waals surface area contributed by atoms with E-state index in [2.05, 4.69) is 5.32 Å². The Bertz CT molecular complexity index is 442. The number of sulfonamides is 1. The third-order valence-electron chi connectivity index (χ3n) is 2.74. The van der Waals surface area contributed by atoms with E-state index in [1.54, 1.807) is 0 Å². The smallest absolute Gasteiger partial charge is 0.330 e. The minimum absolute atomic E-state index is 0.302. The number of carboxylic acid groups (broad SMARTS) is 1. The van der Waals surface area contributed by atoms with Crippen LogP contribution in [0.3, 0.4) is 0 Å². The Kier molecular flexibility index (Phi) is 4.62. The fourth-order valence-corrected chi connectivity index (χ4v) is 3.19. The minimum Gasteiger partial charge on any atom is -0.479 e. The first-order valence-corrected chi connectivity index (χ1v) is 8.21. The molecule has 7 nitrogen and oxygen atoms in total. The van der Waals surface area contributed by atoms with Crippen LogP contribution in [0.2, 0.25) is 0 Å². The van der Waals surface area contributed by atoms with Crippen molar-refractivity contribution in [2.45, 2.75) is 12.0 Å². The van der Waals surface area contributed by atoms with E-state index in [1.807, 2.05) is 0 Å². The Morgan fingerprint density at radius 3 is 2.50 bits per heavy atom. The van der Waals surface area contributed by atoms with Crippen LogP contribution in [-0.4, -0.2) is 66.6 Å². The highest BCUT2D eigenvalue weighted by Gasteiger charge is 2.43. The molecule has 18 heavy (non-hydrogen) atoms. The topological polar surface area (TPSA) is 104 Å². The normalized spacial score (nSPS) is 24.2. The van der Waals surface area contributed by atoms with E-state index in [1.165, 1.54) is 18.8 Å². The third-order valence-corrected chi connectivity index (χ3v) is 5.19. The number of aliphatic carboxylic acids is 1. The first kappa shape index (κ1) is 15.3. The molecule has 0 aliphatic carbocycles. The summed E-state index contributed by atoms with van der Waals surface area (Å²) in [6.45, 7) is -0.376. The van der Waals surface area contributed by atoms with E-state index < -0.39 is 27.4 Å². The second-order valence-corrected chi connectivity index (χ2v) is 7.45. The number of hydrogen-bond acceptors (Lipinski definition) is 5. The number of thioether (sulfide) groups is 1. The summed E-state index contributed by atoms with van der Waals surface area (Å²) in [6.07, 6.45) is 1.33. The Morgan fingerprint density at radius 1 is 1.50 bits per heavy atom. The van der Waals surface area contributed by atoms with Gasteiger partial charge < -0.3 is 10.4 Å². The van der Waals surface area contributed by atoms with Crippen molar-refractivity contribution in [1.82, 2.24) is 9.62 Å². The Morgan fingerprint density at radius 2 is 2.11 bits per heavy atom. The van der Waals surface area contributed by atoms with Crippen LogP contribution in [0, 0.1) is 0 Å². The predicted molar refractivity (Wildman–Crippen MR) is 67.9 cm³/mol. The fraction of sp³-hybridized carbons (Fsp3) is 0.778. The number of nitrogens with one attached hydrogen (secondary N) is 1. The Hall–Kier alpha value is -0.800. The zero-order valence-electron chi connectivity index (χ0n) is 10.2. The van der Waals surface area contributed by atoms with Crippen molar-refractivity contribution < 1.29 is 23.1 Å². The SMILES string of the molecule is CN(CC(=O)NC1(C(=O)O)CCSC1)S(C)(=O)=O. The molecule has 1 aliphatic rings. The molecule has 0 saturated carbocycles. The van der Waals surface area contributed by atoms with Crippen LogP contribution in [0.15, 0.2) is 0 Å². The summed E-state index contributed by atoms with van der Waals surface area (Å²) in [5, 5.41) is 11.6. The number of carbonyl (C=O) groups excluding carboxylic acids is 1. The average Bonchev–Trinajstić information content (AvgIpc) is 2.65. The van der Waals surface area contributed by atoms with E-state index >= 15 is 0 Å². The highest BCUT2D eigenvalue weighted by Crippen LogP contribution is 2.28. The van der Waals surface area contributed by atoms with Gasteiger partial charge in [0.2, 0.25) is 15.9 Å². The van der Waals surface area contributed by atoms with Gasteiger partial charge in [-0.25, -0.2) is 13.2 Å². The number of rotatable bonds is 5. The minimum atomic E-state index is -3.45. The molecule has 1 aliphatic heterocycles. The third kappa shape index (κ3) is 3.59. The van der Waals surface area contributed by atoms with Gasteiger partial charge in [0.05, 0.1) is 12.8 Å². The molecule has 0 aromatic carbocycles. The maximum Gasteiger partial charge on any atom is 0.330 e. The summed E-state index contributed by atoms with van der Waals surface area (Å²) in [7, 11) is -2.18. The van der Waals surface area contributed by atoms with Crippen LogP contribution in [0.5, 0.6) is 0 Å². The summed E-state index contributed by atoms with van der Waals surface area (Å²) in [6, 6.07) is 0. The van der Waals surface area contributed by atoms with Crippen LogP contribution >= 0.6 is 11.8 Å². The van der Waals surface area contributed by atoms with Crippen LogP contribution in [-0.2, 0) is 19.6 Å². The lowest BCUT2D eigenvalue weighted by Gasteiger charge is -2.25. The van der Waals surface area contributed by atoms with Gasteiger partial charge in [-0.3, -0.25) is 4.79 Å². The van der Waals surface area contributed by atoms with Gasteiger partial charge in [0.1, 0.15) is 5.54 Å². The van der Waals surface area contributed by atoms with Gasteiger partial charge in [-0.1, -0.05) is 0 Å². The molecule has 0 aromatic heterocycles. The molecule has 1 fully saturated rings. The first-order valence-electron chi connectivity index (χ1n) is 5.21. The largest absolute Gasteiger partial charge is 0.479 e. The van der Waals surface area contributed by atoms with Crippen LogP contribution in [0.1, 0.15) is 6.42 Å². The summed E-state index contributed by atoms with van der Waals surface area (Å²) >= 11 is 1.45. The van der Waals surface area contributed by atoms with Gasteiger partial charge in [0.25, 0.3) is 0 Å². The zero-order valence-corrected chi connectivity index (χ0v) is 11.8. The van der Waals surface area contributed by atoms with E-state index in [0.717, 1.165) is 10.6 Å². The lowest BCUT2D eigenvalue weighted by Crippen LogP contribution is -2.56. The van der Waals surface area contributed by atoms with Gasteiger partial charge >= 0.3 is 5.97 Å². The predicted octanol–water partition coefficient (Wildman–Crippen LogP) is -1.05. The molecule has 1 rings (SSSR count). The Balaban J connectivity index is 2.67. The second-order valence-electron chi connectivity index (χ2n) is 4.26. The molecule has 0 aromatic rings. The van der Waals surface area contributed by atoms with Crippen molar-refractivity contribution in [2.75, 3.05) is 31.4 Å². The Labute approximate surface area is 110 Å². The van der Waals surface area contributed by atoms with Crippen molar-refractivity contribution in [2.24, 2.45) is 0 Å². The molecule has 1 heterocycles. The van der Waals surface area contributed by atoms with Gasteiger partial charge in [-0.15, -0.1) is 0 Å². The zero-order chi connectivity index (χ0) is 14.0. The lowest BCUT2D eigenvalue weighted by molar-refractivity contribution is -0.146. The lowest BCUT2D eigenvalue weighted by atomic mass is 9.99. The van der Waals surface area contributed by atoms with Crippen molar-refractivity contribution in [3.05, 3.63) is 0 Å². The highest BCUT2D eigenvalue weighted by atomic mass is 32.2. The van der Waals surface area contributed by atoms with E-state index in [0.29, 0.717) is 17.9 Å². The van der Waals surface area contributed by atoms with E-state index in [-0.39, 0.29) is 6.54 Å². The number of carboxylic acids is 1. The fourth-order valence-electron chi connectivity index (χ4n) is 1.51. The molecule has 0 radical (unpaired) electrons. The van der Waals surface area contributed by atoms with Crippen molar-refractivity contribution in [3.8, 4) is 0 Å². The van der Waals surface area contributed by atoms with Crippen molar-refractivity contribution >= 4 is 33.7 Å². The number of carbonyl (C=O) groups is 2. The summed E-state index contributed by atoms with van der Waals surface area (Å²) < 4.78 is 23.2. The maximum absolute atomic E-state index is 11.7. The number of amides is 1. The maximum atomic E-state index is 11.7. The number of likely N-dealkylation sites (N-methyl/N-ethyl adjacent to an activating group) is 1. The molecular weight excluding hydrogens is 280 g/mol. The van der Waals surface area contributed by atoms with Gasteiger partial charge in [0.15, 0.2) is 0 Å². The molecule has 1 saturated heterocycles. The van der Waals surface area contributed by atoms with Crippen LogP contribution in [0.25, 0.3) is 0 Å². The first-order chi connectivity index (χ1) is 8.17. The molecule has 1 atom stereocenters. The molecule has 104 valence electrons. The number of nitrogens with zero attached hydrogens (tertiary/aromatic N) is 1. The summed E-state index contributed by atoms with van der Waals surface area (Å²) in [5.74, 6) is -0.721. The quantitative estimate of drug-likeness (QED) is 0.671. The molecule has 0 spiro atoms. The van der Waals surface area contributed by atoms with Gasteiger partial charge in [0, 0.05) is 12.8 Å². The molecule has 0 bridgehead atoms. The van der Waals surface area contributed by atoms with Crippen molar-refractivity contribution in [1.29, 1.82) is 0 Å². The molecule has 1 unspecified atom stereocenters. The average molecular weight is 296 g/mol. The molecule has 1 amide bonds. The van der Waals surface area contributed by atoms with Gasteiger partial charge in [-0.05, 0) is 12.2 Å². The van der Waals surface area contributed by atoms with Crippen LogP contribution < -0.4 is 5.32 Å². The van der Waals surface area contributed by atoms with E-state index in [9.17, 15) is 18.0 Å². The molecular formula is C9H16N2O5S2. The van der Waals surface area contributed by atoms with Gasteiger partial charge in [-0.2, -0.15) is 16.1 Å². The van der Waals surface area contributed by atoms with Crippen LogP contribution in [0.4, 0.5) is 0 Å².